The van der Waals surface area contributed by atoms with Crippen LogP contribution < -0.4 is 10.1 Å². The molecule has 1 aromatic carbocycles. The van der Waals surface area contributed by atoms with E-state index in [0.29, 0.717) is 18.7 Å². The number of amides is 2. The first-order valence-corrected chi connectivity index (χ1v) is 6.96. The summed E-state index contributed by atoms with van der Waals surface area (Å²) in [5.74, 6) is -0.307. The fourth-order valence-corrected chi connectivity index (χ4v) is 1.78. The largest absolute Gasteiger partial charge is 0.491 e. The van der Waals surface area contributed by atoms with E-state index >= 15 is 0 Å². The summed E-state index contributed by atoms with van der Waals surface area (Å²) in [6.07, 6.45) is 0.781. The first-order chi connectivity index (χ1) is 9.92. The van der Waals surface area contributed by atoms with Gasteiger partial charge in [-0.25, -0.2) is 4.79 Å². The molecular weight excluding hydrogens is 272 g/mol. The Kier molecular flexibility index (Phi) is 6.52. The van der Waals surface area contributed by atoms with Gasteiger partial charge in [0.25, 0.3) is 0 Å². The minimum Gasteiger partial charge on any atom is -0.491 e. The summed E-state index contributed by atoms with van der Waals surface area (Å²) >= 11 is 0. The summed E-state index contributed by atoms with van der Waals surface area (Å²) in [6.45, 7) is 5.84. The normalized spacial score (nSPS) is 10.3. The van der Waals surface area contributed by atoms with Gasteiger partial charge in [-0.1, -0.05) is 6.92 Å². The van der Waals surface area contributed by atoms with E-state index in [0.717, 1.165) is 5.75 Å². The molecule has 0 aliphatic rings. The van der Waals surface area contributed by atoms with Gasteiger partial charge in [0, 0.05) is 12.2 Å². The molecule has 0 atom stereocenters. The van der Waals surface area contributed by atoms with Crippen LogP contribution in [0.4, 0.5) is 10.5 Å². The number of carbonyl (C=O) groups is 2. The van der Waals surface area contributed by atoms with Crippen molar-refractivity contribution in [1.29, 1.82) is 0 Å². The summed E-state index contributed by atoms with van der Waals surface area (Å²) in [5.41, 5.74) is 0.600. The van der Waals surface area contributed by atoms with E-state index in [4.69, 9.17) is 9.84 Å². The number of ether oxygens (including phenoxy) is 1. The van der Waals surface area contributed by atoms with E-state index in [1.165, 1.54) is 4.90 Å². The average molecular weight is 294 g/mol. The molecule has 0 heterocycles. The Balaban J connectivity index is 2.65. The predicted molar refractivity (Wildman–Crippen MR) is 80.7 cm³/mol. The third-order valence-corrected chi connectivity index (χ3v) is 2.58. The predicted octanol–water partition coefficient (Wildman–Crippen LogP) is 2.80. The Hall–Kier alpha value is -2.24. The molecule has 0 radical (unpaired) electrons. The van der Waals surface area contributed by atoms with Crippen molar-refractivity contribution in [2.45, 2.75) is 33.3 Å². The minimum atomic E-state index is -1.03. The van der Waals surface area contributed by atoms with E-state index in [9.17, 15) is 9.59 Å². The summed E-state index contributed by atoms with van der Waals surface area (Å²) in [6, 6.07) is 6.55. The lowest BCUT2D eigenvalue weighted by Crippen LogP contribution is -2.39. The maximum absolute atomic E-state index is 12.0. The second-order valence-corrected chi connectivity index (χ2v) is 4.94. The Morgan fingerprint density at radius 1 is 1.29 bits per heavy atom. The lowest BCUT2D eigenvalue weighted by Gasteiger charge is -2.20. The van der Waals surface area contributed by atoms with Gasteiger partial charge < -0.3 is 20.1 Å². The molecule has 2 N–H and O–H groups in total. The van der Waals surface area contributed by atoms with Crippen molar-refractivity contribution in [2.75, 3.05) is 18.4 Å². The van der Waals surface area contributed by atoms with Gasteiger partial charge in [0.15, 0.2) is 0 Å². The lowest BCUT2D eigenvalue weighted by molar-refractivity contribution is -0.137. The molecule has 0 saturated heterocycles. The topological polar surface area (TPSA) is 78.9 Å². The number of urea groups is 1. The summed E-state index contributed by atoms with van der Waals surface area (Å²) in [4.78, 5) is 24.0. The van der Waals surface area contributed by atoms with E-state index in [1.54, 1.807) is 24.3 Å². The van der Waals surface area contributed by atoms with Crippen LogP contribution in [0.2, 0.25) is 0 Å². The van der Waals surface area contributed by atoms with Crippen LogP contribution in [0.1, 0.15) is 27.2 Å². The number of carboxylic acids is 1. The molecule has 21 heavy (non-hydrogen) atoms. The molecule has 0 fully saturated rings. The van der Waals surface area contributed by atoms with Crippen molar-refractivity contribution in [2.24, 2.45) is 0 Å². The highest BCUT2D eigenvalue weighted by atomic mass is 16.5. The Morgan fingerprint density at radius 2 is 1.90 bits per heavy atom. The van der Waals surface area contributed by atoms with Crippen molar-refractivity contribution >= 4 is 17.7 Å². The highest BCUT2D eigenvalue weighted by Crippen LogP contribution is 2.17. The standard InChI is InChI=1S/C15H22N2O4/c1-4-9-17(10-14(18)19)15(20)16-12-5-7-13(8-6-12)21-11(2)3/h5-8,11H,4,9-10H2,1-3H3,(H,16,20)(H,18,19). The zero-order chi connectivity index (χ0) is 15.8. The zero-order valence-electron chi connectivity index (χ0n) is 12.6. The highest BCUT2D eigenvalue weighted by Gasteiger charge is 2.15. The van der Waals surface area contributed by atoms with E-state index < -0.39 is 12.0 Å². The number of carboxylic acid groups (broad SMARTS) is 1. The molecule has 6 nitrogen and oxygen atoms in total. The van der Waals surface area contributed by atoms with Gasteiger partial charge in [-0.05, 0) is 44.5 Å². The van der Waals surface area contributed by atoms with Gasteiger partial charge >= 0.3 is 12.0 Å². The van der Waals surface area contributed by atoms with Crippen LogP contribution in [0.3, 0.4) is 0 Å². The Morgan fingerprint density at radius 3 is 2.38 bits per heavy atom. The molecule has 0 spiro atoms. The van der Waals surface area contributed by atoms with Gasteiger partial charge in [-0.3, -0.25) is 4.79 Å². The zero-order valence-corrected chi connectivity index (χ0v) is 12.6. The van der Waals surface area contributed by atoms with Crippen molar-refractivity contribution in [3.63, 3.8) is 0 Å². The number of carbonyl (C=O) groups excluding carboxylic acids is 1. The van der Waals surface area contributed by atoms with E-state index in [-0.39, 0.29) is 12.6 Å². The van der Waals surface area contributed by atoms with Crippen LogP contribution >= 0.6 is 0 Å². The number of nitrogens with one attached hydrogen (secondary N) is 1. The molecule has 0 aliphatic heterocycles. The van der Waals surface area contributed by atoms with Crippen LogP contribution in [-0.4, -0.2) is 41.2 Å². The first-order valence-electron chi connectivity index (χ1n) is 6.96. The van der Waals surface area contributed by atoms with Gasteiger partial charge in [-0.15, -0.1) is 0 Å². The number of nitrogens with zero attached hydrogens (tertiary/aromatic N) is 1. The molecule has 1 aromatic rings. The average Bonchev–Trinajstić information content (AvgIpc) is 2.39. The third kappa shape index (κ3) is 6.16. The fourth-order valence-electron chi connectivity index (χ4n) is 1.78. The van der Waals surface area contributed by atoms with Gasteiger partial charge in [-0.2, -0.15) is 0 Å². The second-order valence-electron chi connectivity index (χ2n) is 4.94. The van der Waals surface area contributed by atoms with Crippen LogP contribution in [0.15, 0.2) is 24.3 Å². The number of aliphatic carboxylic acids is 1. The van der Waals surface area contributed by atoms with Crippen LogP contribution in [-0.2, 0) is 4.79 Å². The number of hydrogen-bond donors (Lipinski definition) is 2. The summed E-state index contributed by atoms with van der Waals surface area (Å²) in [7, 11) is 0. The maximum Gasteiger partial charge on any atom is 0.323 e. The summed E-state index contributed by atoms with van der Waals surface area (Å²) in [5, 5.41) is 11.5. The second kappa shape index (κ2) is 8.14. The minimum absolute atomic E-state index is 0.0843. The molecule has 116 valence electrons. The third-order valence-electron chi connectivity index (χ3n) is 2.58. The molecule has 0 unspecified atom stereocenters. The number of anilines is 1. The number of benzene rings is 1. The molecule has 1 rings (SSSR count). The highest BCUT2D eigenvalue weighted by molar-refractivity contribution is 5.91. The van der Waals surface area contributed by atoms with Gasteiger partial charge in [0.2, 0.25) is 0 Å². The first kappa shape index (κ1) is 16.8. The van der Waals surface area contributed by atoms with Crippen LogP contribution in [0, 0.1) is 0 Å². The van der Waals surface area contributed by atoms with Gasteiger partial charge in [0.1, 0.15) is 12.3 Å². The maximum atomic E-state index is 12.0. The smallest absolute Gasteiger partial charge is 0.323 e. The van der Waals surface area contributed by atoms with Crippen molar-refractivity contribution in [3.05, 3.63) is 24.3 Å². The van der Waals surface area contributed by atoms with Crippen LogP contribution in [0.5, 0.6) is 5.75 Å². The van der Waals surface area contributed by atoms with Crippen LogP contribution in [0.25, 0.3) is 0 Å². The molecule has 6 heteroatoms. The quantitative estimate of drug-likeness (QED) is 0.810. The Labute approximate surface area is 124 Å². The molecule has 0 bridgehead atoms. The molecular formula is C15H22N2O4. The molecule has 0 aromatic heterocycles. The summed E-state index contributed by atoms with van der Waals surface area (Å²) < 4.78 is 5.51. The SMILES string of the molecule is CCCN(CC(=O)O)C(=O)Nc1ccc(OC(C)C)cc1. The van der Waals surface area contributed by atoms with E-state index in [2.05, 4.69) is 5.32 Å². The molecule has 0 saturated carbocycles. The number of hydrogen-bond acceptors (Lipinski definition) is 3. The lowest BCUT2D eigenvalue weighted by atomic mass is 10.3. The van der Waals surface area contributed by atoms with Crippen molar-refractivity contribution < 1.29 is 19.4 Å². The van der Waals surface area contributed by atoms with Crippen molar-refractivity contribution in [1.82, 2.24) is 4.90 Å². The van der Waals surface area contributed by atoms with Crippen molar-refractivity contribution in [3.8, 4) is 5.75 Å². The molecule has 2 amide bonds. The number of rotatable bonds is 7. The fraction of sp³-hybridized carbons (Fsp3) is 0.467. The van der Waals surface area contributed by atoms with E-state index in [1.807, 2.05) is 20.8 Å². The Bertz CT molecular complexity index is 471. The molecule has 0 aliphatic carbocycles. The monoisotopic (exact) mass is 294 g/mol. The van der Waals surface area contributed by atoms with Gasteiger partial charge in [0.05, 0.1) is 6.10 Å².